The van der Waals surface area contributed by atoms with Crippen LogP contribution in [0.5, 0.6) is 17.2 Å². The molecule has 1 heterocycles. The lowest BCUT2D eigenvalue weighted by atomic mass is 9.92. The van der Waals surface area contributed by atoms with E-state index >= 15 is 0 Å². The highest BCUT2D eigenvalue weighted by molar-refractivity contribution is 6.02. The zero-order valence-electron chi connectivity index (χ0n) is 23.9. The predicted octanol–water partition coefficient (Wildman–Crippen LogP) is 6.07. The van der Waals surface area contributed by atoms with Crippen molar-refractivity contribution in [3.05, 3.63) is 94.3 Å². The first-order valence-corrected chi connectivity index (χ1v) is 14.2. The van der Waals surface area contributed by atoms with Gasteiger partial charge in [0.15, 0.2) is 28.9 Å². The Morgan fingerprint density at radius 1 is 0.929 bits per heavy atom. The molecule has 1 aliphatic carbocycles. The van der Waals surface area contributed by atoms with Crippen molar-refractivity contribution in [2.24, 2.45) is 0 Å². The van der Waals surface area contributed by atoms with Gasteiger partial charge in [-0.15, -0.1) is 0 Å². The third-order valence-corrected chi connectivity index (χ3v) is 7.69. The van der Waals surface area contributed by atoms with Crippen LogP contribution in [-0.4, -0.2) is 50.8 Å². The number of carbonyl (C=O) groups excluding carboxylic acids is 1. The molecule has 0 radical (unpaired) electrons. The van der Waals surface area contributed by atoms with E-state index in [1.54, 1.807) is 14.2 Å². The summed E-state index contributed by atoms with van der Waals surface area (Å²) in [5.74, 6) is -2.74. The van der Waals surface area contributed by atoms with Crippen LogP contribution in [-0.2, 0) is 17.8 Å². The van der Waals surface area contributed by atoms with Crippen molar-refractivity contribution in [3.63, 3.8) is 0 Å². The smallest absolute Gasteiger partial charge is 0.251 e. The number of amides is 1. The normalized spacial score (nSPS) is 15.0. The van der Waals surface area contributed by atoms with E-state index in [4.69, 9.17) is 14.2 Å². The molecule has 1 fully saturated rings. The molecule has 42 heavy (non-hydrogen) atoms. The van der Waals surface area contributed by atoms with Crippen LogP contribution in [0.25, 0.3) is 5.57 Å². The van der Waals surface area contributed by atoms with E-state index in [0.717, 1.165) is 65.8 Å². The third kappa shape index (κ3) is 6.73. The fourth-order valence-corrected chi connectivity index (χ4v) is 5.27. The van der Waals surface area contributed by atoms with Crippen molar-refractivity contribution < 1.29 is 32.2 Å². The van der Waals surface area contributed by atoms with E-state index in [9.17, 15) is 18.0 Å². The SMILES string of the molecule is COc1ccc(CN(C(=O)C2=C(c3ccc(CCCOc4c(F)ccc(F)c4F)cc3)CCNC2)C2CC2)cc1OC. The lowest BCUT2D eigenvalue weighted by Gasteiger charge is -2.28. The van der Waals surface area contributed by atoms with Crippen molar-refractivity contribution in [3.8, 4) is 17.2 Å². The number of aryl methyl sites for hydroxylation is 1. The molecule has 1 N–H and O–H groups in total. The van der Waals surface area contributed by atoms with Crippen LogP contribution in [0.4, 0.5) is 13.2 Å². The molecule has 5 rings (SSSR count). The average Bonchev–Trinajstić information content (AvgIpc) is 3.87. The van der Waals surface area contributed by atoms with Gasteiger partial charge in [-0.1, -0.05) is 30.3 Å². The second-order valence-corrected chi connectivity index (χ2v) is 10.6. The van der Waals surface area contributed by atoms with Crippen LogP contribution in [0.1, 0.15) is 42.4 Å². The van der Waals surface area contributed by atoms with Crippen molar-refractivity contribution >= 4 is 11.5 Å². The van der Waals surface area contributed by atoms with Crippen molar-refractivity contribution in [2.75, 3.05) is 33.9 Å². The van der Waals surface area contributed by atoms with Gasteiger partial charge in [0.25, 0.3) is 5.91 Å². The first-order chi connectivity index (χ1) is 20.4. The van der Waals surface area contributed by atoms with Crippen molar-refractivity contribution in [1.82, 2.24) is 10.2 Å². The molecule has 1 aliphatic heterocycles. The molecule has 2 aliphatic rings. The number of ether oxygens (including phenoxy) is 3. The van der Waals surface area contributed by atoms with Gasteiger partial charge in [-0.2, -0.15) is 4.39 Å². The van der Waals surface area contributed by atoms with Crippen LogP contribution in [0.3, 0.4) is 0 Å². The summed E-state index contributed by atoms with van der Waals surface area (Å²) in [6, 6.07) is 15.6. The van der Waals surface area contributed by atoms with Gasteiger partial charge >= 0.3 is 0 Å². The highest BCUT2D eigenvalue weighted by atomic mass is 19.2. The topological polar surface area (TPSA) is 60.0 Å². The van der Waals surface area contributed by atoms with Crippen molar-refractivity contribution in [2.45, 2.75) is 44.7 Å². The fourth-order valence-electron chi connectivity index (χ4n) is 5.27. The Morgan fingerprint density at radius 3 is 2.36 bits per heavy atom. The molecule has 0 aromatic heterocycles. The first-order valence-electron chi connectivity index (χ1n) is 14.2. The molecular formula is C33H35F3N2O4. The minimum Gasteiger partial charge on any atom is -0.493 e. The maximum atomic E-state index is 14.0. The molecule has 1 amide bonds. The van der Waals surface area contributed by atoms with E-state index < -0.39 is 23.2 Å². The average molecular weight is 581 g/mol. The number of nitrogens with one attached hydrogen (secondary N) is 1. The predicted molar refractivity (Wildman–Crippen MR) is 154 cm³/mol. The summed E-state index contributed by atoms with van der Waals surface area (Å²) in [7, 11) is 3.20. The van der Waals surface area contributed by atoms with E-state index in [0.29, 0.717) is 37.4 Å². The maximum Gasteiger partial charge on any atom is 0.251 e. The number of halogens is 3. The quantitative estimate of drug-likeness (QED) is 0.208. The second kappa shape index (κ2) is 13.3. The highest BCUT2D eigenvalue weighted by Gasteiger charge is 2.35. The van der Waals surface area contributed by atoms with Crippen LogP contribution >= 0.6 is 0 Å². The Bertz CT molecular complexity index is 1450. The van der Waals surface area contributed by atoms with Gasteiger partial charge in [-0.05, 0) is 85.2 Å². The summed E-state index contributed by atoms with van der Waals surface area (Å²) >= 11 is 0. The number of methoxy groups -OCH3 is 2. The summed E-state index contributed by atoms with van der Waals surface area (Å²) in [5.41, 5.74) is 4.84. The number of hydrogen-bond acceptors (Lipinski definition) is 5. The zero-order valence-corrected chi connectivity index (χ0v) is 23.9. The number of carbonyl (C=O) groups is 1. The molecule has 0 unspecified atom stereocenters. The lowest BCUT2D eigenvalue weighted by molar-refractivity contribution is -0.128. The maximum absolute atomic E-state index is 14.0. The summed E-state index contributed by atoms with van der Waals surface area (Å²) in [5, 5.41) is 3.36. The molecule has 222 valence electrons. The largest absolute Gasteiger partial charge is 0.493 e. The Kier molecular flexibility index (Phi) is 9.37. The van der Waals surface area contributed by atoms with E-state index in [-0.39, 0.29) is 18.6 Å². The Balaban J connectivity index is 1.26. The molecule has 6 nitrogen and oxygen atoms in total. The minimum atomic E-state index is -1.32. The lowest BCUT2D eigenvalue weighted by Crippen LogP contribution is -2.39. The molecule has 0 spiro atoms. The van der Waals surface area contributed by atoms with Gasteiger partial charge in [0.1, 0.15) is 0 Å². The Hall–Kier alpha value is -3.98. The number of hydrogen-bond donors (Lipinski definition) is 1. The molecule has 3 aromatic carbocycles. The number of benzene rings is 3. The van der Waals surface area contributed by atoms with E-state index in [1.165, 1.54) is 0 Å². The third-order valence-electron chi connectivity index (χ3n) is 7.69. The van der Waals surface area contributed by atoms with Crippen LogP contribution < -0.4 is 19.5 Å². The molecule has 0 saturated heterocycles. The summed E-state index contributed by atoms with van der Waals surface area (Å²) < 4.78 is 57.0. The number of nitrogens with zero attached hydrogens (tertiary/aromatic N) is 1. The van der Waals surface area contributed by atoms with Crippen LogP contribution in [0, 0.1) is 17.5 Å². The van der Waals surface area contributed by atoms with E-state index in [1.807, 2.05) is 47.4 Å². The molecular weight excluding hydrogens is 545 g/mol. The molecule has 0 atom stereocenters. The van der Waals surface area contributed by atoms with Gasteiger partial charge in [0.2, 0.25) is 5.82 Å². The summed E-state index contributed by atoms with van der Waals surface area (Å²) in [6.45, 7) is 1.84. The molecule has 0 bridgehead atoms. The monoisotopic (exact) mass is 580 g/mol. The Morgan fingerprint density at radius 2 is 1.64 bits per heavy atom. The number of rotatable bonds is 12. The van der Waals surface area contributed by atoms with Gasteiger partial charge in [-0.3, -0.25) is 4.79 Å². The summed E-state index contributed by atoms with van der Waals surface area (Å²) in [4.78, 5) is 15.9. The van der Waals surface area contributed by atoms with Gasteiger partial charge < -0.3 is 24.4 Å². The molecule has 3 aromatic rings. The van der Waals surface area contributed by atoms with Crippen LogP contribution in [0.15, 0.2) is 60.2 Å². The Labute approximate surface area is 244 Å². The standard InChI is InChI=1S/C33H35F3N2O4/c1-40-29-14-7-22(18-30(29)41-2)20-38(24-10-11-24)33(39)26-19-37-16-15-25(26)23-8-5-21(6-9-23)4-3-17-42-32-28(35)13-12-27(34)31(32)36/h5-9,12-14,18,24,37H,3-4,10-11,15-17,19-20H2,1-2H3. The van der Waals surface area contributed by atoms with Gasteiger partial charge in [-0.25, -0.2) is 8.78 Å². The zero-order chi connectivity index (χ0) is 29.6. The fraction of sp³-hybridized carbons (Fsp3) is 0.364. The van der Waals surface area contributed by atoms with E-state index in [2.05, 4.69) is 5.32 Å². The van der Waals surface area contributed by atoms with Gasteiger partial charge in [0, 0.05) is 24.7 Å². The highest BCUT2D eigenvalue weighted by Crippen LogP contribution is 2.35. The van der Waals surface area contributed by atoms with Gasteiger partial charge in [0.05, 0.1) is 20.8 Å². The molecule has 9 heteroatoms. The summed E-state index contributed by atoms with van der Waals surface area (Å²) in [6.07, 6.45) is 3.84. The van der Waals surface area contributed by atoms with Crippen LogP contribution in [0.2, 0.25) is 0 Å². The molecule has 1 saturated carbocycles. The van der Waals surface area contributed by atoms with Crippen molar-refractivity contribution in [1.29, 1.82) is 0 Å². The first kappa shape index (κ1) is 29.5. The minimum absolute atomic E-state index is 0.0472. The second-order valence-electron chi connectivity index (χ2n) is 10.6.